The van der Waals surface area contributed by atoms with E-state index >= 15 is 0 Å². The van der Waals surface area contributed by atoms with Gasteiger partial charge in [0.05, 0.1) is 5.75 Å². The molecule has 0 aliphatic carbocycles. The third-order valence-electron chi connectivity index (χ3n) is 3.08. The summed E-state index contributed by atoms with van der Waals surface area (Å²) in [5, 5.41) is 3.35. The van der Waals surface area contributed by atoms with Gasteiger partial charge in [0.2, 0.25) is 0 Å². The van der Waals surface area contributed by atoms with Crippen LogP contribution in [0.15, 0.2) is 60.7 Å². The van der Waals surface area contributed by atoms with Crippen molar-refractivity contribution < 1.29 is 8.42 Å². The maximum absolute atomic E-state index is 10.3. The number of unbranched alkanes of at least 4 members (excludes halogenated alkanes) is 1. The third kappa shape index (κ3) is 17.1. The van der Waals surface area contributed by atoms with E-state index in [9.17, 15) is 8.42 Å². The summed E-state index contributed by atoms with van der Waals surface area (Å²) in [5.74, 6) is 0.629. The average Bonchev–Trinajstić information content (AvgIpc) is 2.62. The van der Waals surface area contributed by atoms with Crippen molar-refractivity contribution in [3.05, 3.63) is 60.7 Å². The SMILES string of the molecule is CCCCNc1ccccc1.CS(=O)(=O)CCCCl.Nc1ccccc1. The number of hydrogen-bond acceptors (Lipinski definition) is 4. The van der Waals surface area contributed by atoms with Crippen LogP contribution in [0.25, 0.3) is 0 Å². The fourth-order valence-electron chi connectivity index (χ4n) is 1.74. The van der Waals surface area contributed by atoms with Crippen LogP contribution in [-0.2, 0) is 9.84 Å². The van der Waals surface area contributed by atoms with Crippen molar-refractivity contribution >= 4 is 32.8 Å². The maximum Gasteiger partial charge on any atom is 0.147 e. The molecule has 0 aromatic heterocycles. The lowest BCUT2D eigenvalue weighted by Crippen LogP contribution is -2.02. The highest BCUT2D eigenvalue weighted by atomic mass is 35.5. The van der Waals surface area contributed by atoms with Gasteiger partial charge in [0.25, 0.3) is 0 Å². The number of para-hydroxylation sites is 2. The second kappa shape index (κ2) is 15.5. The monoisotopic (exact) mass is 398 g/mol. The van der Waals surface area contributed by atoms with Crippen molar-refractivity contribution in [1.82, 2.24) is 0 Å². The number of alkyl halides is 1. The summed E-state index contributed by atoms with van der Waals surface area (Å²) in [6.07, 6.45) is 4.26. The Labute approximate surface area is 163 Å². The van der Waals surface area contributed by atoms with Crippen LogP contribution < -0.4 is 11.1 Å². The van der Waals surface area contributed by atoms with Crippen molar-refractivity contribution in [1.29, 1.82) is 0 Å². The molecule has 0 spiro atoms. The highest BCUT2D eigenvalue weighted by molar-refractivity contribution is 7.90. The molecular formula is C20H31ClN2O2S. The molecule has 2 rings (SSSR count). The zero-order valence-corrected chi connectivity index (χ0v) is 17.3. The van der Waals surface area contributed by atoms with E-state index in [-0.39, 0.29) is 5.75 Å². The summed E-state index contributed by atoms with van der Waals surface area (Å²) >= 11 is 5.24. The molecule has 4 nitrogen and oxygen atoms in total. The van der Waals surface area contributed by atoms with Crippen LogP contribution in [0.4, 0.5) is 11.4 Å². The van der Waals surface area contributed by atoms with E-state index in [1.165, 1.54) is 24.8 Å². The molecule has 2 aromatic carbocycles. The van der Waals surface area contributed by atoms with Gasteiger partial charge in [0.1, 0.15) is 9.84 Å². The van der Waals surface area contributed by atoms with E-state index in [1.54, 1.807) is 0 Å². The second-order valence-corrected chi connectivity index (χ2v) is 8.37. The Hall–Kier alpha value is -1.72. The van der Waals surface area contributed by atoms with Crippen LogP contribution in [0.5, 0.6) is 0 Å². The Morgan fingerprint density at radius 1 is 0.962 bits per heavy atom. The quantitative estimate of drug-likeness (QED) is 0.398. The van der Waals surface area contributed by atoms with Crippen LogP contribution >= 0.6 is 11.6 Å². The summed E-state index contributed by atoms with van der Waals surface area (Å²) in [7, 11) is -2.77. The van der Waals surface area contributed by atoms with Gasteiger partial charge >= 0.3 is 0 Å². The molecule has 0 saturated heterocycles. The van der Waals surface area contributed by atoms with Gasteiger partial charge in [-0.15, -0.1) is 11.6 Å². The number of halogens is 1. The molecule has 0 radical (unpaired) electrons. The minimum Gasteiger partial charge on any atom is -0.399 e. The predicted octanol–water partition coefficient (Wildman–Crippen LogP) is 4.83. The van der Waals surface area contributed by atoms with Crippen LogP contribution in [0.2, 0.25) is 0 Å². The van der Waals surface area contributed by atoms with Crippen molar-refractivity contribution in [2.75, 3.05) is 35.5 Å². The van der Waals surface area contributed by atoms with Gasteiger partial charge in [0, 0.05) is 30.1 Å². The molecule has 0 unspecified atom stereocenters. The third-order valence-corrected chi connectivity index (χ3v) is 4.38. The first-order chi connectivity index (χ1) is 12.4. The summed E-state index contributed by atoms with van der Waals surface area (Å²) in [5.41, 5.74) is 7.40. The van der Waals surface area contributed by atoms with Gasteiger partial charge in [-0.05, 0) is 37.1 Å². The van der Waals surface area contributed by atoms with Gasteiger partial charge < -0.3 is 11.1 Å². The molecule has 0 aliphatic heterocycles. The lowest BCUT2D eigenvalue weighted by molar-refractivity contribution is 0.600. The first-order valence-electron chi connectivity index (χ1n) is 8.72. The Morgan fingerprint density at radius 3 is 1.85 bits per heavy atom. The first kappa shape index (κ1) is 24.3. The van der Waals surface area contributed by atoms with E-state index < -0.39 is 9.84 Å². The van der Waals surface area contributed by atoms with Gasteiger partial charge in [-0.1, -0.05) is 49.7 Å². The molecule has 0 heterocycles. The zero-order valence-electron chi connectivity index (χ0n) is 15.7. The molecule has 0 saturated carbocycles. The Balaban J connectivity index is 0.000000373. The summed E-state index contributed by atoms with van der Waals surface area (Å²) < 4.78 is 20.7. The molecule has 0 fully saturated rings. The molecule has 26 heavy (non-hydrogen) atoms. The highest BCUT2D eigenvalue weighted by Gasteiger charge is 1.98. The first-order valence-corrected chi connectivity index (χ1v) is 11.3. The topological polar surface area (TPSA) is 72.2 Å². The number of anilines is 2. The van der Waals surface area contributed by atoms with E-state index in [1.807, 2.05) is 48.5 Å². The molecule has 0 bridgehead atoms. The Kier molecular flexibility index (Phi) is 14.5. The number of nitrogens with two attached hydrogens (primary N) is 1. The second-order valence-electron chi connectivity index (χ2n) is 5.73. The molecule has 0 aliphatic rings. The number of sulfone groups is 1. The van der Waals surface area contributed by atoms with Gasteiger partial charge in [-0.25, -0.2) is 8.42 Å². The van der Waals surface area contributed by atoms with Gasteiger partial charge in [-0.2, -0.15) is 0 Å². The fourth-order valence-corrected chi connectivity index (χ4v) is 2.70. The minimum absolute atomic E-state index is 0.205. The number of rotatable bonds is 7. The molecule has 0 atom stereocenters. The summed E-state index contributed by atoms with van der Waals surface area (Å²) in [6, 6.07) is 19.8. The van der Waals surface area contributed by atoms with Crippen molar-refractivity contribution in [3.63, 3.8) is 0 Å². The maximum atomic E-state index is 10.3. The molecule has 6 heteroatoms. The molecular weight excluding hydrogens is 368 g/mol. The van der Waals surface area contributed by atoms with Gasteiger partial charge in [-0.3, -0.25) is 0 Å². The lowest BCUT2D eigenvalue weighted by atomic mass is 10.3. The molecule has 3 N–H and O–H groups in total. The van der Waals surface area contributed by atoms with Crippen molar-refractivity contribution in [2.24, 2.45) is 0 Å². The number of benzene rings is 2. The fraction of sp³-hybridized carbons (Fsp3) is 0.400. The van der Waals surface area contributed by atoms with E-state index in [0.717, 1.165) is 12.2 Å². The highest BCUT2D eigenvalue weighted by Crippen LogP contribution is 2.04. The molecule has 2 aromatic rings. The van der Waals surface area contributed by atoms with Crippen molar-refractivity contribution in [3.8, 4) is 0 Å². The smallest absolute Gasteiger partial charge is 0.147 e. The standard InChI is InChI=1S/C10H15N.C6H7N.C4H9ClO2S/c1-2-3-9-11-10-7-5-4-6-8-10;7-6-4-2-1-3-5-6;1-8(6,7)4-2-3-5/h4-8,11H,2-3,9H2,1H3;1-5H,7H2;2-4H2,1H3. The van der Waals surface area contributed by atoms with Gasteiger partial charge in [0.15, 0.2) is 0 Å². The van der Waals surface area contributed by atoms with Crippen LogP contribution in [0.1, 0.15) is 26.2 Å². The normalized spacial score (nSPS) is 9.96. The van der Waals surface area contributed by atoms with Crippen LogP contribution in [0, 0.1) is 0 Å². The number of nitrogens with one attached hydrogen (secondary N) is 1. The minimum atomic E-state index is -2.77. The zero-order chi connectivity index (χ0) is 19.7. The van der Waals surface area contributed by atoms with Crippen molar-refractivity contribution in [2.45, 2.75) is 26.2 Å². The van der Waals surface area contributed by atoms with Crippen LogP contribution in [-0.4, -0.2) is 32.9 Å². The average molecular weight is 399 g/mol. The molecule has 146 valence electrons. The van der Waals surface area contributed by atoms with E-state index in [2.05, 4.69) is 24.4 Å². The predicted molar refractivity (Wildman–Crippen MR) is 116 cm³/mol. The summed E-state index contributed by atoms with van der Waals surface area (Å²) in [4.78, 5) is 0. The molecule has 0 amide bonds. The largest absolute Gasteiger partial charge is 0.399 e. The number of nitrogen functional groups attached to an aromatic ring is 1. The Morgan fingerprint density at radius 2 is 1.50 bits per heavy atom. The van der Waals surface area contributed by atoms with E-state index in [4.69, 9.17) is 17.3 Å². The lowest BCUT2D eigenvalue weighted by Gasteiger charge is -2.03. The number of hydrogen-bond donors (Lipinski definition) is 2. The van der Waals surface area contributed by atoms with Crippen LogP contribution in [0.3, 0.4) is 0 Å². The Bertz CT molecular complexity index is 650. The van der Waals surface area contributed by atoms with E-state index in [0.29, 0.717) is 12.3 Å². The summed E-state index contributed by atoms with van der Waals surface area (Å²) in [6.45, 7) is 3.28.